The van der Waals surface area contributed by atoms with Gasteiger partial charge >= 0.3 is 0 Å². The van der Waals surface area contributed by atoms with Gasteiger partial charge in [-0.05, 0) is 59.1 Å². The smallest absolute Gasteiger partial charge is 0.255 e. The molecule has 102 valence electrons. The van der Waals surface area contributed by atoms with E-state index in [9.17, 15) is 4.79 Å². The van der Waals surface area contributed by atoms with E-state index in [4.69, 9.17) is 0 Å². The number of fused-ring (bicyclic) bond motifs is 1. The second-order valence-corrected chi connectivity index (χ2v) is 5.58. The zero-order valence-electron chi connectivity index (χ0n) is 11.0. The number of amides is 1. The van der Waals surface area contributed by atoms with Gasteiger partial charge in [-0.2, -0.15) is 0 Å². The highest BCUT2D eigenvalue weighted by molar-refractivity contribution is 9.10. The van der Waals surface area contributed by atoms with Gasteiger partial charge in [0.05, 0.1) is 11.4 Å². The van der Waals surface area contributed by atoms with Crippen LogP contribution in [0.1, 0.15) is 21.6 Å². The number of nitrogens with one attached hydrogen (secondary N) is 2. The first-order valence-corrected chi connectivity index (χ1v) is 7.24. The van der Waals surface area contributed by atoms with Crippen molar-refractivity contribution in [2.75, 3.05) is 17.2 Å². The van der Waals surface area contributed by atoms with E-state index in [-0.39, 0.29) is 5.91 Å². The molecule has 0 spiro atoms. The molecule has 1 aliphatic rings. The average molecular weight is 332 g/mol. The molecule has 0 bridgehead atoms. The Hall–Kier alpha value is -1.88. The molecule has 0 radical (unpaired) electrons. The fourth-order valence-corrected chi connectivity index (χ4v) is 2.69. The van der Waals surface area contributed by atoms with Crippen LogP contribution in [0.15, 0.2) is 34.9 Å². The second-order valence-electron chi connectivity index (χ2n) is 4.77. The van der Waals surface area contributed by atoms with Crippen LogP contribution >= 0.6 is 15.9 Å². The minimum atomic E-state index is -0.117. The Bertz CT molecular complexity index is 685. The monoisotopic (exact) mass is 331 g/mol. The van der Waals surface area contributed by atoms with E-state index in [2.05, 4.69) is 31.5 Å². The minimum absolute atomic E-state index is 0.117. The molecule has 0 saturated carbocycles. The van der Waals surface area contributed by atoms with Crippen LogP contribution in [0, 0.1) is 6.92 Å². The molecule has 0 atom stereocenters. The van der Waals surface area contributed by atoms with Gasteiger partial charge in [0, 0.05) is 17.8 Å². The number of carbonyl (C=O) groups excluding carboxylic acids is 1. The van der Waals surface area contributed by atoms with Gasteiger partial charge < -0.3 is 10.6 Å². The summed E-state index contributed by atoms with van der Waals surface area (Å²) in [6.07, 6.45) is 1.02. The third kappa shape index (κ3) is 2.54. The SMILES string of the molecule is Cc1nc(Br)ccc1NC(=O)c1ccc2c(c1)NCC2. The van der Waals surface area contributed by atoms with Crippen molar-refractivity contribution < 1.29 is 4.79 Å². The lowest BCUT2D eigenvalue weighted by molar-refractivity contribution is 0.102. The number of rotatable bonds is 2. The van der Waals surface area contributed by atoms with Crippen LogP contribution in [0.5, 0.6) is 0 Å². The van der Waals surface area contributed by atoms with Crippen molar-refractivity contribution in [3.8, 4) is 0 Å². The molecule has 0 unspecified atom stereocenters. The van der Waals surface area contributed by atoms with Gasteiger partial charge in [-0.25, -0.2) is 4.98 Å². The van der Waals surface area contributed by atoms with E-state index in [0.717, 1.165) is 34.6 Å². The van der Waals surface area contributed by atoms with Crippen LogP contribution in [-0.4, -0.2) is 17.4 Å². The van der Waals surface area contributed by atoms with Crippen LogP contribution in [0.2, 0.25) is 0 Å². The molecule has 1 amide bonds. The Morgan fingerprint density at radius 3 is 3.00 bits per heavy atom. The first kappa shape index (κ1) is 13.1. The maximum Gasteiger partial charge on any atom is 0.255 e. The lowest BCUT2D eigenvalue weighted by atomic mass is 10.1. The van der Waals surface area contributed by atoms with Gasteiger partial charge in [0.1, 0.15) is 4.60 Å². The number of benzene rings is 1. The van der Waals surface area contributed by atoms with E-state index in [0.29, 0.717) is 5.56 Å². The largest absolute Gasteiger partial charge is 0.384 e. The molecule has 3 rings (SSSR count). The second kappa shape index (κ2) is 5.25. The molecule has 0 saturated heterocycles. The molecule has 1 aliphatic heterocycles. The first-order valence-electron chi connectivity index (χ1n) is 6.45. The summed E-state index contributed by atoms with van der Waals surface area (Å²) in [5.74, 6) is -0.117. The van der Waals surface area contributed by atoms with Gasteiger partial charge in [0.2, 0.25) is 0 Å². The van der Waals surface area contributed by atoms with Crippen molar-refractivity contribution in [2.45, 2.75) is 13.3 Å². The zero-order valence-corrected chi connectivity index (χ0v) is 12.6. The normalized spacial score (nSPS) is 12.7. The number of anilines is 2. The number of pyridine rings is 1. The summed E-state index contributed by atoms with van der Waals surface area (Å²) in [4.78, 5) is 16.5. The van der Waals surface area contributed by atoms with Crippen molar-refractivity contribution in [1.82, 2.24) is 4.98 Å². The van der Waals surface area contributed by atoms with Crippen LogP contribution in [0.4, 0.5) is 11.4 Å². The molecule has 2 aromatic rings. The molecule has 1 aromatic carbocycles. The van der Waals surface area contributed by atoms with Crippen molar-refractivity contribution in [1.29, 1.82) is 0 Å². The molecular formula is C15H14BrN3O. The Morgan fingerprint density at radius 1 is 1.35 bits per heavy atom. The van der Waals surface area contributed by atoms with Gasteiger partial charge in [0.15, 0.2) is 0 Å². The van der Waals surface area contributed by atoms with Gasteiger partial charge in [-0.15, -0.1) is 0 Å². The maximum atomic E-state index is 12.3. The number of hydrogen-bond donors (Lipinski definition) is 2. The summed E-state index contributed by atoms with van der Waals surface area (Å²) >= 11 is 3.31. The number of halogens is 1. The molecule has 0 fully saturated rings. The van der Waals surface area contributed by atoms with E-state index in [1.165, 1.54) is 5.56 Å². The highest BCUT2D eigenvalue weighted by atomic mass is 79.9. The summed E-state index contributed by atoms with van der Waals surface area (Å²) in [6, 6.07) is 9.43. The standard InChI is InChI=1S/C15H14BrN3O/c1-9-12(4-5-14(16)18-9)19-15(20)11-3-2-10-6-7-17-13(10)8-11/h2-5,8,17H,6-7H2,1H3,(H,19,20). The number of hydrogen-bond acceptors (Lipinski definition) is 3. The van der Waals surface area contributed by atoms with Crippen molar-refractivity contribution in [3.63, 3.8) is 0 Å². The third-order valence-electron chi connectivity index (χ3n) is 3.38. The predicted molar refractivity (Wildman–Crippen MR) is 83.3 cm³/mol. The molecule has 1 aromatic heterocycles. The highest BCUT2D eigenvalue weighted by Gasteiger charge is 2.14. The quantitative estimate of drug-likeness (QED) is 0.829. The molecule has 0 aliphatic carbocycles. The molecule has 4 nitrogen and oxygen atoms in total. The maximum absolute atomic E-state index is 12.3. The van der Waals surface area contributed by atoms with Gasteiger partial charge in [-0.3, -0.25) is 4.79 Å². The van der Waals surface area contributed by atoms with E-state index in [1.54, 1.807) is 0 Å². The average Bonchev–Trinajstić information content (AvgIpc) is 2.89. The Kier molecular flexibility index (Phi) is 3.44. The predicted octanol–water partition coefficient (Wildman–Crippen LogP) is 3.37. The number of nitrogens with zero attached hydrogens (tertiary/aromatic N) is 1. The number of carbonyl (C=O) groups is 1. The minimum Gasteiger partial charge on any atom is -0.384 e. The molecule has 2 heterocycles. The van der Waals surface area contributed by atoms with Crippen LogP contribution < -0.4 is 10.6 Å². The Balaban J connectivity index is 1.82. The van der Waals surface area contributed by atoms with Crippen molar-refractivity contribution in [2.24, 2.45) is 0 Å². The molecule has 2 N–H and O–H groups in total. The lowest BCUT2D eigenvalue weighted by Crippen LogP contribution is -2.13. The van der Waals surface area contributed by atoms with Crippen molar-refractivity contribution >= 4 is 33.2 Å². The fraction of sp³-hybridized carbons (Fsp3) is 0.200. The van der Waals surface area contributed by atoms with Crippen molar-refractivity contribution in [3.05, 3.63) is 51.8 Å². The molecule has 5 heteroatoms. The van der Waals surface area contributed by atoms with Crippen LogP contribution in [-0.2, 0) is 6.42 Å². The van der Waals surface area contributed by atoms with Gasteiger partial charge in [0.25, 0.3) is 5.91 Å². The highest BCUT2D eigenvalue weighted by Crippen LogP contribution is 2.24. The summed E-state index contributed by atoms with van der Waals surface area (Å²) in [6.45, 7) is 2.81. The van der Waals surface area contributed by atoms with Crippen LogP contribution in [0.3, 0.4) is 0 Å². The summed E-state index contributed by atoms with van der Waals surface area (Å²) in [5.41, 5.74) is 4.49. The summed E-state index contributed by atoms with van der Waals surface area (Å²) < 4.78 is 0.759. The third-order valence-corrected chi connectivity index (χ3v) is 3.82. The Morgan fingerprint density at radius 2 is 2.20 bits per heavy atom. The first-order chi connectivity index (χ1) is 9.63. The summed E-state index contributed by atoms with van der Waals surface area (Å²) in [5, 5.41) is 6.17. The van der Waals surface area contributed by atoms with Gasteiger partial charge in [-0.1, -0.05) is 6.07 Å². The molecular weight excluding hydrogens is 318 g/mol. The fourth-order valence-electron chi connectivity index (χ4n) is 2.29. The zero-order chi connectivity index (χ0) is 14.1. The summed E-state index contributed by atoms with van der Waals surface area (Å²) in [7, 11) is 0. The van der Waals surface area contributed by atoms with E-state index in [1.807, 2.05) is 37.3 Å². The topological polar surface area (TPSA) is 54.0 Å². The molecule has 20 heavy (non-hydrogen) atoms. The van der Waals surface area contributed by atoms with E-state index < -0.39 is 0 Å². The van der Waals surface area contributed by atoms with Crippen LogP contribution in [0.25, 0.3) is 0 Å². The Labute approximate surface area is 125 Å². The number of aryl methyl sites for hydroxylation is 1. The van der Waals surface area contributed by atoms with E-state index >= 15 is 0 Å². The lowest BCUT2D eigenvalue weighted by Gasteiger charge is -2.09. The number of aromatic nitrogens is 1.